The smallest absolute Gasteiger partial charge is 0.243 e. The van der Waals surface area contributed by atoms with Crippen LogP contribution >= 0.6 is 0 Å². The van der Waals surface area contributed by atoms with Crippen molar-refractivity contribution in [3.05, 3.63) is 79.0 Å². The Kier molecular flexibility index (Phi) is 8.98. The van der Waals surface area contributed by atoms with Crippen molar-refractivity contribution >= 4 is 43.3 Å². The van der Waals surface area contributed by atoms with Gasteiger partial charge >= 0.3 is 0 Å². The molecule has 0 aliphatic heterocycles. The highest BCUT2D eigenvalue weighted by Gasteiger charge is 2.18. The van der Waals surface area contributed by atoms with Crippen LogP contribution in [0.25, 0.3) is 22.0 Å². The third-order valence-electron chi connectivity index (χ3n) is 6.34. The van der Waals surface area contributed by atoms with E-state index in [2.05, 4.69) is 23.2 Å². The lowest BCUT2D eigenvalue weighted by Gasteiger charge is -2.24. The Labute approximate surface area is 225 Å². The molecule has 4 aromatic rings. The molecule has 0 bridgehead atoms. The summed E-state index contributed by atoms with van der Waals surface area (Å²) in [5, 5.41) is 9.77. The van der Waals surface area contributed by atoms with Crippen molar-refractivity contribution in [2.24, 2.45) is 0 Å². The number of hydrogen-bond acceptors (Lipinski definition) is 5. The van der Waals surface area contributed by atoms with Crippen LogP contribution in [0.15, 0.2) is 88.8 Å². The number of hydrogen-bond donors (Lipinski definition) is 3. The molecule has 1 heterocycles. The molecule has 0 aliphatic rings. The van der Waals surface area contributed by atoms with Crippen LogP contribution in [0, 0.1) is 0 Å². The summed E-state index contributed by atoms with van der Waals surface area (Å²) in [5.41, 5.74) is 5.60. The quantitative estimate of drug-likeness (QED) is 0.126. The fourth-order valence-electron chi connectivity index (χ4n) is 4.24. The maximum Gasteiger partial charge on any atom is 0.243 e. The summed E-state index contributed by atoms with van der Waals surface area (Å²) in [6.45, 7) is 0.514. The van der Waals surface area contributed by atoms with Gasteiger partial charge in [-0.15, -0.1) is 0 Å². The van der Waals surface area contributed by atoms with Gasteiger partial charge in [-0.2, -0.15) is 0 Å². The second-order valence-electron chi connectivity index (χ2n) is 9.12. The third kappa shape index (κ3) is 6.89. The van der Waals surface area contributed by atoms with Crippen molar-refractivity contribution in [1.29, 1.82) is 0 Å². The van der Waals surface area contributed by atoms with Gasteiger partial charge in [-0.05, 0) is 77.9 Å². The van der Waals surface area contributed by atoms with Gasteiger partial charge in [-0.25, -0.2) is 18.1 Å². The lowest BCUT2D eigenvalue weighted by atomic mass is 10.0. The summed E-state index contributed by atoms with van der Waals surface area (Å²) in [4.78, 5) is 15.1. The van der Waals surface area contributed by atoms with Crippen LogP contribution in [0.5, 0.6) is 0 Å². The summed E-state index contributed by atoms with van der Waals surface area (Å²) >= 11 is 0. The number of carbonyl (C=O) groups excluding carboxylic acids is 1. The molecule has 3 aromatic carbocycles. The van der Waals surface area contributed by atoms with E-state index < -0.39 is 26.7 Å². The van der Waals surface area contributed by atoms with E-state index in [0.717, 1.165) is 53.2 Å². The Hall–Kier alpha value is -3.47. The van der Waals surface area contributed by atoms with Gasteiger partial charge in [-0.3, -0.25) is 14.3 Å². The van der Waals surface area contributed by atoms with E-state index in [0.29, 0.717) is 17.9 Å². The van der Waals surface area contributed by atoms with Gasteiger partial charge in [0.1, 0.15) is 0 Å². The monoisotopic (exact) mass is 553 g/mol. The predicted molar refractivity (Wildman–Crippen MR) is 150 cm³/mol. The molecule has 1 amide bonds. The van der Waals surface area contributed by atoms with E-state index in [1.807, 2.05) is 40.8 Å². The van der Waals surface area contributed by atoms with E-state index in [-0.39, 0.29) is 11.3 Å². The van der Waals surface area contributed by atoms with E-state index >= 15 is 0 Å². The van der Waals surface area contributed by atoms with Crippen molar-refractivity contribution in [2.75, 3.05) is 17.1 Å². The molecule has 0 spiro atoms. The van der Waals surface area contributed by atoms with Gasteiger partial charge in [0, 0.05) is 36.6 Å². The largest absolute Gasteiger partial charge is 0.361 e. The summed E-state index contributed by atoms with van der Waals surface area (Å²) in [6.07, 6.45) is 6.35. The summed E-state index contributed by atoms with van der Waals surface area (Å²) < 4.78 is 39.1. The van der Waals surface area contributed by atoms with Crippen LogP contribution in [0.3, 0.4) is 0 Å². The lowest BCUT2D eigenvalue weighted by molar-refractivity contribution is -0.129. The van der Waals surface area contributed by atoms with E-state index in [4.69, 9.17) is 5.21 Å². The first kappa shape index (κ1) is 27.6. The standard InChI is InChI=1S/C28H31N3O5S2/c1-38(35,36)26-15-13-25(14-16-26)37(34)31(19-5-3-2-4-6-28(32)30-33)24-11-9-21(10-12-24)23-8-7-22-17-18-29-27(22)20-23/h7-18,20,29,33H,2-6,19H2,1H3,(H,30,32). The molecule has 0 aliphatic carbocycles. The molecule has 0 fully saturated rings. The first-order chi connectivity index (χ1) is 18.3. The molecule has 1 aromatic heterocycles. The number of hydroxylamine groups is 1. The Balaban J connectivity index is 1.52. The molecule has 200 valence electrons. The summed E-state index contributed by atoms with van der Waals surface area (Å²) in [5.74, 6) is -0.402. The van der Waals surface area contributed by atoms with Gasteiger partial charge in [0.15, 0.2) is 20.8 Å². The molecule has 0 radical (unpaired) electrons. The molecule has 1 unspecified atom stereocenters. The number of unbranched alkanes of at least 4 members (excludes halogenated alkanes) is 3. The number of amides is 1. The topological polar surface area (TPSA) is 120 Å². The number of H-pyrrole nitrogens is 1. The minimum Gasteiger partial charge on any atom is -0.361 e. The average molecular weight is 554 g/mol. The summed E-state index contributed by atoms with van der Waals surface area (Å²) in [7, 11) is -4.90. The van der Waals surface area contributed by atoms with Crippen LogP contribution in [0.4, 0.5) is 5.69 Å². The fourth-order valence-corrected chi connectivity index (χ4v) is 6.10. The minimum absolute atomic E-state index is 0.181. The molecule has 8 nitrogen and oxygen atoms in total. The van der Waals surface area contributed by atoms with Gasteiger partial charge in [-0.1, -0.05) is 37.1 Å². The van der Waals surface area contributed by atoms with Crippen molar-refractivity contribution in [3.63, 3.8) is 0 Å². The number of sulfone groups is 1. The average Bonchev–Trinajstić information content (AvgIpc) is 3.40. The van der Waals surface area contributed by atoms with Gasteiger partial charge in [0.2, 0.25) is 5.91 Å². The van der Waals surface area contributed by atoms with Gasteiger partial charge in [0.05, 0.1) is 9.79 Å². The van der Waals surface area contributed by atoms with Crippen molar-refractivity contribution in [2.45, 2.75) is 41.9 Å². The van der Waals surface area contributed by atoms with Crippen LogP contribution in [0.1, 0.15) is 32.1 Å². The molecular formula is C28H31N3O5S2. The fraction of sp³-hybridized carbons (Fsp3) is 0.250. The number of rotatable bonds is 12. The molecule has 38 heavy (non-hydrogen) atoms. The third-order valence-corrected chi connectivity index (χ3v) is 8.93. The molecule has 0 saturated carbocycles. The number of nitrogens with zero attached hydrogens (tertiary/aromatic N) is 1. The zero-order valence-corrected chi connectivity index (χ0v) is 22.7. The first-order valence-electron chi connectivity index (χ1n) is 12.4. The van der Waals surface area contributed by atoms with Crippen LogP contribution in [0.2, 0.25) is 0 Å². The molecule has 1 atom stereocenters. The van der Waals surface area contributed by atoms with Crippen molar-refractivity contribution < 1.29 is 22.6 Å². The normalized spacial score (nSPS) is 12.4. The van der Waals surface area contributed by atoms with Crippen LogP contribution < -0.4 is 9.79 Å². The predicted octanol–water partition coefficient (Wildman–Crippen LogP) is 5.22. The number of fused-ring (bicyclic) bond motifs is 1. The zero-order chi connectivity index (χ0) is 27.1. The van der Waals surface area contributed by atoms with Crippen molar-refractivity contribution in [1.82, 2.24) is 10.5 Å². The molecule has 4 rings (SSSR count). The van der Waals surface area contributed by atoms with E-state index in [9.17, 15) is 17.4 Å². The zero-order valence-electron chi connectivity index (χ0n) is 21.1. The first-order valence-corrected chi connectivity index (χ1v) is 15.4. The van der Waals surface area contributed by atoms with Gasteiger partial charge < -0.3 is 4.98 Å². The summed E-state index contributed by atoms with van der Waals surface area (Å²) in [6, 6.07) is 22.3. The highest BCUT2D eigenvalue weighted by molar-refractivity contribution is 7.90. The Bertz CT molecular complexity index is 1510. The van der Waals surface area contributed by atoms with E-state index in [1.54, 1.807) is 17.6 Å². The second kappa shape index (κ2) is 12.4. The number of aromatic nitrogens is 1. The Morgan fingerprint density at radius 3 is 2.29 bits per heavy atom. The molecule has 0 saturated heterocycles. The van der Waals surface area contributed by atoms with Crippen molar-refractivity contribution in [3.8, 4) is 11.1 Å². The maximum absolute atomic E-state index is 13.6. The number of carbonyl (C=O) groups is 1. The van der Waals surface area contributed by atoms with Gasteiger partial charge in [0.25, 0.3) is 0 Å². The molecular weight excluding hydrogens is 522 g/mol. The number of aromatic amines is 1. The highest BCUT2D eigenvalue weighted by Crippen LogP contribution is 2.28. The Morgan fingerprint density at radius 2 is 1.61 bits per heavy atom. The number of anilines is 1. The second-order valence-corrected chi connectivity index (χ2v) is 12.5. The lowest BCUT2D eigenvalue weighted by Crippen LogP contribution is -2.27. The van der Waals surface area contributed by atoms with Crippen LogP contribution in [-0.2, 0) is 25.6 Å². The molecule has 3 N–H and O–H groups in total. The Morgan fingerprint density at radius 1 is 0.921 bits per heavy atom. The number of nitrogens with one attached hydrogen (secondary N) is 2. The number of benzene rings is 3. The highest BCUT2D eigenvalue weighted by atomic mass is 32.2. The minimum atomic E-state index is -3.35. The SMILES string of the molecule is CS(=O)(=O)c1ccc(S(=O)N(CCCCCCC(=O)NO)c2ccc(-c3ccc4cc[nH]c4c3)cc2)cc1. The van der Waals surface area contributed by atoms with Crippen LogP contribution in [-0.4, -0.2) is 41.5 Å². The molecule has 10 heteroatoms. The van der Waals surface area contributed by atoms with E-state index in [1.165, 1.54) is 12.1 Å². The maximum atomic E-state index is 13.6.